The lowest BCUT2D eigenvalue weighted by molar-refractivity contribution is 0.0339. The van der Waals surface area contributed by atoms with Crippen LogP contribution in [0.3, 0.4) is 0 Å². The third kappa shape index (κ3) is 6.80. The highest BCUT2D eigenvalue weighted by molar-refractivity contribution is 6.30. The van der Waals surface area contributed by atoms with Crippen LogP contribution < -0.4 is 20.5 Å². The van der Waals surface area contributed by atoms with Gasteiger partial charge in [0.05, 0.1) is 28.6 Å². The maximum absolute atomic E-state index is 12.7. The van der Waals surface area contributed by atoms with Crippen LogP contribution in [0.2, 0.25) is 5.02 Å². The zero-order chi connectivity index (χ0) is 26.6. The van der Waals surface area contributed by atoms with Crippen molar-refractivity contribution >= 4 is 23.5 Å². The highest BCUT2D eigenvalue weighted by Crippen LogP contribution is 2.24. The van der Waals surface area contributed by atoms with E-state index < -0.39 is 11.7 Å². The van der Waals surface area contributed by atoms with E-state index in [0.717, 1.165) is 18.8 Å². The van der Waals surface area contributed by atoms with Crippen molar-refractivity contribution in [2.75, 3.05) is 18.0 Å². The van der Waals surface area contributed by atoms with Crippen LogP contribution in [0.5, 0.6) is 5.75 Å². The van der Waals surface area contributed by atoms with Crippen LogP contribution in [0.4, 0.5) is 10.6 Å². The lowest BCUT2D eigenvalue weighted by atomic mass is 10.1. The second-order valence-corrected chi connectivity index (χ2v) is 10.3. The molecule has 1 N–H and O–H groups in total. The first-order valence-electron chi connectivity index (χ1n) is 12.3. The highest BCUT2D eigenvalue weighted by Gasteiger charge is 2.33. The highest BCUT2D eigenvalue weighted by atomic mass is 35.5. The summed E-state index contributed by atoms with van der Waals surface area (Å²) in [6.45, 7) is 9.48. The van der Waals surface area contributed by atoms with E-state index in [1.807, 2.05) is 32.9 Å². The van der Waals surface area contributed by atoms with E-state index in [1.165, 1.54) is 10.6 Å². The summed E-state index contributed by atoms with van der Waals surface area (Å²) in [7, 11) is 0. The summed E-state index contributed by atoms with van der Waals surface area (Å²) >= 11 is 5.85. The maximum Gasteiger partial charge on any atom is 0.407 e. The van der Waals surface area contributed by atoms with Crippen LogP contribution in [-0.4, -0.2) is 45.4 Å². The number of aromatic nitrogens is 3. The molecule has 0 bridgehead atoms. The summed E-state index contributed by atoms with van der Waals surface area (Å²) in [6, 6.07) is 10.4. The zero-order valence-corrected chi connectivity index (χ0v) is 22.2. The molecule has 3 aromatic heterocycles. The molecule has 1 saturated heterocycles. The Labute approximate surface area is 221 Å². The second-order valence-electron chi connectivity index (χ2n) is 9.84. The first-order valence-corrected chi connectivity index (χ1v) is 12.7. The molecule has 0 saturated carbocycles. The Balaban J connectivity index is 1.36. The van der Waals surface area contributed by atoms with Crippen molar-refractivity contribution in [1.29, 1.82) is 0 Å². The molecule has 37 heavy (non-hydrogen) atoms. The lowest BCUT2D eigenvalue weighted by Gasteiger charge is -2.25. The second kappa shape index (κ2) is 11.2. The Morgan fingerprint density at radius 3 is 2.62 bits per heavy atom. The number of rotatable bonds is 8. The van der Waals surface area contributed by atoms with Gasteiger partial charge in [0.15, 0.2) is 0 Å². The first-order chi connectivity index (χ1) is 17.6. The van der Waals surface area contributed by atoms with Crippen LogP contribution in [0.25, 0.3) is 5.69 Å². The number of carbonyl (C=O) groups excluding carboxylic acids is 1. The molecule has 1 fully saturated rings. The fourth-order valence-corrected chi connectivity index (χ4v) is 4.08. The molecule has 1 amide bonds. The zero-order valence-electron chi connectivity index (χ0n) is 21.5. The third-order valence-electron chi connectivity index (χ3n) is 6.54. The summed E-state index contributed by atoms with van der Waals surface area (Å²) in [5, 5.41) is 3.55. The van der Waals surface area contributed by atoms with Crippen molar-refractivity contribution in [3.8, 4) is 11.4 Å². The largest absolute Gasteiger partial charge is 0.487 e. The van der Waals surface area contributed by atoms with E-state index in [2.05, 4.69) is 27.1 Å². The molecule has 0 aliphatic carbocycles. The average Bonchev–Trinajstić information content (AvgIpc) is 3.23. The number of nitrogens with one attached hydrogen (secondary N) is 1. The number of alkyl carbamates (subject to hydrolysis) is 1. The Hall–Kier alpha value is -3.59. The van der Waals surface area contributed by atoms with E-state index in [9.17, 15) is 9.59 Å². The minimum atomic E-state index is -0.501. The first kappa shape index (κ1) is 26.5. The topological polar surface area (TPSA) is 98.6 Å². The molecule has 0 spiro atoms. The van der Waals surface area contributed by atoms with Gasteiger partial charge in [-0.3, -0.25) is 14.3 Å². The van der Waals surface area contributed by atoms with Gasteiger partial charge >= 0.3 is 6.09 Å². The van der Waals surface area contributed by atoms with Crippen molar-refractivity contribution in [3.05, 3.63) is 76.1 Å². The fraction of sp³-hybridized carbons (Fsp3) is 0.407. The lowest BCUT2D eigenvalue weighted by Crippen LogP contribution is -2.43. The summed E-state index contributed by atoms with van der Waals surface area (Å²) in [4.78, 5) is 35.9. The molecule has 4 rings (SSSR count). The molecular weight excluding hydrogens is 494 g/mol. The van der Waals surface area contributed by atoms with Crippen LogP contribution in [0, 0.1) is 5.92 Å². The molecule has 1 aliphatic heterocycles. The van der Waals surface area contributed by atoms with Gasteiger partial charge in [-0.1, -0.05) is 25.4 Å². The van der Waals surface area contributed by atoms with Crippen molar-refractivity contribution < 1.29 is 14.3 Å². The number of hydrogen-bond donors (Lipinski definition) is 1. The smallest absolute Gasteiger partial charge is 0.407 e. The van der Waals surface area contributed by atoms with E-state index >= 15 is 0 Å². The molecule has 4 heterocycles. The van der Waals surface area contributed by atoms with E-state index in [1.54, 1.807) is 36.8 Å². The predicted molar refractivity (Wildman–Crippen MR) is 143 cm³/mol. The molecule has 2 atom stereocenters. The van der Waals surface area contributed by atoms with Gasteiger partial charge in [0.1, 0.15) is 23.8 Å². The van der Waals surface area contributed by atoms with Crippen LogP contribution in [-0.2, 0) is 11.3 Å². The SMILES string of the molecule is CCC(C)(C)OC(=O)NC1CN(c2ccc(-n3ccc(OCc4ccc(Cl)cn4)cc3=O)cn2)CC1C. The molecule has 1 aliphatic rings. The Morgan fingerprint density at radius 1 is 1.16 bits per heavy atom. The van der Waals surface area contributed by atoms with Gasteiger partial charge in [0, 0.05) is 31.5 Å². The maximum atomic E-state index is 12.7. The fourth-order valence-electron chi connectivity index (χ4n) is 3.97. The van der Waals surface area contributed by atoms with E-state index in [0.29, 0.717) is 28.7 Å². The van der Waals surface area contributed by atoms with Gasteiger partial charge in [0.25, 0.3) is 5.56 Å². The van der Waals surface area contributed by atoms with Gasteiger partial charge in [-0.15, -0.1) is 0 Å². The minimum Gasteiger partial charge on any atom is -0.487 e. The van der Waals surface area contributed by atoms with Crippen LogP contribution in [0.1, 0.15) is 39.8 Å². The number of nitrogens with zero attached hydrogens (tertiary/aromatic N) is 4. The number of hydrogen-bond acceptors (Lipinski definition) is 7. The monoisotopic (exact) mass is 525 g/mol. The van der Waals surface area contributed by atoms with Crippen molar-refractivity contribution in [2.24, 2.45) is 5.92 Å². The standard InChI is InChI=1S/C27H32ClN5O4/c1-5-27(3,4)37-26(35)31-23-16-32(15-18(23)2)24-9-8-21(14-30-24)33-11-10-22(12-25(33)34)36-17-20-7-6-19(28)13-29-20/h6-14,18,23H,5,15-17H2,1-4H3,(H,31,35). The molecule has 9 nitrogen and oxygen atoms in total. The summed E-state index contributed by atoms with van der Waals surface area (Å²) in [5.41, 5.74) is 0.624. The number of amides is 1. The molecule has 3 aromatic rings. The minimum absolute atomic E-state index is 0.0418. The molecule has 0 aromatic carbocycles. The van der Waals surface area contributed by atoms with Crippen molar-refractivity contribution in [2.45, 2.75) is 52.4 Å². The van der Waals surface area contributed by atoms with Gasteiger partial charge in [-0.25, -0.2) is 9.78 Å². The Morgan fingerprint density at radius 2 is 1.97 bits per heavy atom. The van der Waals surface area contributed by atoms with Gasteiger partial charge in [0.2, 0.25) is 0 Å². The molecule has 0 radical (unpaired) electrons. The number of carbonyl (C=O) groups is 1. The van der Waals surface area contributed by atoms with Gasteiger partial charge in [-0.05, 0) is 56.5 Å². The quantitative estimate of drug-likeness (QED) is 0.459. The van der Waals surface area contributed by atoms with Crippen molar-refractivity contribution in [3.63, 3.8) is 0 Å². The van der Waals surface area contributed by atoms with Gasteiger partial charge in [-0.2, -0.15) is 0 Å². The summed E-state index contributed by atoms with van der Waals surface area (Å²) in [6.07, 6.45) is 5.22. The predicted octanol–water partition coefficient (Wildman–Crippen LogP) is 4.60. The molecule has 10 heteroatoms. The molecule has 196 valence electrons. The van der Waals surface area contributed by atoms with E-state index in [-0.39, 0.29) is 24.1 Å². The Bertz CT molecular complexity index is 1280. The van der Waals surface area contributed by atoms with Crippen LogP contribution >= 0.6 is 11.6 Å². The number of halogens is 1. The normalized spacial score (nSPS) is 17.5. The molecule has 2 unspecified atom stereocenters. The van der Waals surface area contributed by atoms with E-state index in [4.69, 9.17) is 21.1 Å². The van der Waals surface area contributed by atoms with Gasteiger partial charge < -0.3 is 19.7 Å². The molecular formula is C27H32ClN5O4. The summed E-state index contributed by atoms with van der Waals surface area (Å²) < 4.78 is 12.7. The Kier molecular flexibility index (Phi) is 8.02. The summed E-state index contributed by atoms with van der Waals surface area (Å²) in [5.74, 6) is 1.47. The third-order valence-corrected chi connectivity index (χ3v) is 6.76. The average molecular weight is 526 g/mol. The van der Waals surface area contributed by atoms with Crippen LogP contribution in [0.15, 0.2) is 59.8 Å². The number of anilines is 1. The number of pyridine rings is 3. The number of ether oxygens (including phenoxy) is 2. The van der Waals surface area contributed by atoms with Crippen molar-refractivity contribution in [1.82, 2.24) is 19.9 Å².